The van der Waals surface area contributed by atoms with Gasteiger partial charge in [0.1, 0.15) is 11.9 Å². The molecule has 104 valence electrons. The van der Waals surface area contributed by atoms with Gasteiger partial charge in [-0.05, 0) is 24.3 Å². The molecule has 7 nitrogen and oxygen atoms in total. The van der Waals surface area contributed by atoms with Crippen LogP contribution in [-0.2, 0) is 19.6 Å². The molecular formula is C10H11FN2O5S. The van der Waals surface area contributed by atoms with Crippen LogP contribution in [0, 0.1) is 5.82 Å². The minimum atomic E-state index is -4.17. The molecule has 0 aliphatic carbocycles. The van der Waals surface area contributed by atoms with Crippen molar-refractivity contribution in [2.75, 3.05) is 0 Å². The highest BCUT2D eigenvalue weighted by molar-refractivity contribution is 7.89. The van der Waals surface area contributed by atoms with Crippen molar-refractivity contribution in [1.82, 2.24) is 4.72 Å². The first kappa shape index (κ1) is 15.1. The first-order chi connectivity index (χ1) is 8.72. The zero-order valence-corrected chi connectivity index (χ0v) is 10.4. The van der Waals surface area contributed by atoms with Gasteiger partial charge < -0.3 is 10.8 Å². The average Bonchev–Trinajstić information content (AvgIpc) is 2.27. The number of carbonyl (C=O) groups excluding carboxylic acids is 1. The summed E-state index contributed by atoms with van der Waals surface area (Å²) in [6.07, 6.45) is -0.685. The van der Waals surface area contributed by atoms with Gasteiger partial charge in [0.15, 0.2) is 0 Å². The molecule has 0 radical (unpaired) electrons. The second-order valence-corrected chi connectivity index (χ2v) is 5.35. The van der Waals surface area contributed by atoms with Gasteiger partial charge >= 0.3 is 5.97 Å². The minimum Gasteiger partial charge on any atom is -0.480 e. The van der Waals surface area contributed by atoms with E-state index in [1.165, 1.54) is 0 Å². The molecule has 1 atom stereocenters. The summed E-state index contributed by atoms with van der Waals surface area (Å²) < 4.78 is 38.1. The van der Waals surface area contributed by atoms with Crippen LogP contribution in [0.3, 0.4) is 0 Å². The van der Waals surface area contributed by atoms with Crippen LogP contribution in [0.4, 0.5) is 4.39 Å². The predicted molar refractivity (Wildman–Crippen MR) is 62.0 cm³/mol. The van der Waals surface area contributed by atoms with Gasteiger partial charge in [0.25, 0.3) is 0 Å². The number of hydrogen-bond donors (Lipinski definition) is 3. The molecule has 0 fully saturated rings. The van der Waals surface area contributed by atoms with Crippen molar-refractivity contribution in [3.8, 4) is 0 Å². The Bertz CT molecular complexity index is 584. The maximum atomic E-state index is 12.7. The zero-order chi connectivity index (χ0) is 14.6. The van der Waals surface area contributed by atoms with E-state index in [1.54, 1.807) is 0 Å². The molecule has 0 aromatic heterocycles. The van der Waals surface area contributed by atoms with Gasteiger partial charge in [0, 0.05) is 0 Å². The zero-order valence-electron chi connectivity index (χ0n) is 9.54. The van der Waals surface area contributed by atoms with Crippen molar-refractivity contribution in [2.45, 2.75) is 17.4 Å². The summed E-state index contributed by atoms with van der Waals surface area (Å²) in [7, 11) is -4.17. The summed E-state index contributed by atoms with van der Waals surface area (Å²) in [5, 5.41) is 8.78. The summed E-state index contributed by atoms with van der Waals surface area (Å²) in [5.41, 5.74) is 4.82. The molecule has 19 heavy (non-hydrogen) atoms. The van der Waals surface area contributed by atoms with E-state index in [-0.39, 0.29) is 4.90 Å². The number of nitrogens with one attached hydrogen (secondary N) is 1. The summed E-state index contributed by atoms with van der Waals surface area (Å²) >= 11 is 0. The van der Waals surface area contributed by atoms with Crippen LogP contribution in [0.2, 0.25) is 0 Å². The number of benzene rings is 1. The third kappa shape index (κ3) is 4.30. The molecule has 0 unspecified atom stereocenters. The normalized spacial score (nSPS) is 12.9. The lowest BCUT2D eigenvalue weighted by Crippen LogP contribution is -2.43. The smallest absolute Gasteiger partial charge is 0.322 e. The molecule has 1 aromatic carbocycles. The lowest BCUT2D eigenvalue weighted by Gasteiger charge is -2.13. The van der Waals surface area contributed by atoms with Crippen molar-refractivity contribution in [3.05, 3.63) is 30.1 Å². The minimum absolute atomic E-state index is 0.315. The van der Waals surface area contributed by atoms with E-state index in [4.69, 9.17) is 10.8 Å². The first-order valence-corrected chi connectivity index (χ1v) is 6.49. The van der Waals surface area contributed by atoms with E-state index in [0.717, 1.165) is 24.3 Å². The van der Waals surface area contributed by atoms with E-state index >= 15 is 0 Å². The van der Waals surface area contributed by atoms with E-state index in [9.17, 15) is 22.4 Å². The topological polar surface area (TPSA) is 127 Å². The monoisotopic (exact) mass is 290 g/mol. The second-order valence-electron chi connectivity index (χ2n) is 3.64. The number of halogens is 1. The number of nitrogens with two attached hydrogens (primary N) is 1. The van der Waals surface area contributed by atoms with Crippen molar-refractivity contribution in [1.29, 1.82) is 0 Å². The van der Waals surface area contributed by atoms with Gasteiger partial charge in [0.2, 0.25) is 15.9 Å². The fourth-order valence-corrected chi connectivity index (χ4v) is 2.44. The SMILES string of the molecule is NC(=O)C[C@@H](NS(=O)(=O)c1ccc(F)cc1)C(=O)O. The van der Waals surface area contributed by atoms with E-state index in [1.807, 2.05) is 4.72 Å². The van der Waals surface area contributed by atoms with Crippen molar-refractivity contribution in [3.63, 3.8) is 0 Å². The van der Waals surface area contributed by atoms with Crippen LogP contribution in [-0.4, -0.2) is 31.4 Å². The number of carbonyl (C=O) groups is 2. The molecule has 0 aliphatic rings. The number of amides is 1. The molecule has 0 bridgehead atoms. The Balaban J connectivity index is 2.97. The summed E-state index contributed by atoms with van der Waals surface area (Å²) in [5.74, 6) is -3.13. The standard InChI is InChI=1S/C10H11FN2O5S/c11-6-1-3-7(4-2-6)19(17,18)13-8(10(15)16)5-9(12)14/h1-4,8,13H,5H2,(H2,12,14)(H,15,16)/t8-/m1/s1. The fraction of sp³-hybridized carbons (Fsp3) is 0.200. The van der Waals surface area contributed by atoms with E-state index in [2.05, 4.69) is 0 Å². The first-order valence-electron chi connectivity index (χ1n) is 5.01. The Morgan fingerprint density at radius 3 is 2.26 bits per heavy atom. The lowest BCUT2D eigenvalue weighted by atomic mass is 10.2. The largest absolute Gasteiger partial charge is 0.480 e. The molecule has 1 rings (SSSR count). The molecule has 4 N–H and O–H groups in total. The van der Waals surface area contributed by atoms with E-state index < -0.39 is 40.2 Å². The van der Waals surface area contributed by atoms with Crippen LogP contribution >= 0.6 is 0 Å². The molecule has 1 amide bonds. The Kier molecular flexibility index (Phi) is 4.57. The van der Waals surface area contributed by atoms with Crippen LogP contribution in [0.1, 0.15) is 6.42 Å². The highest BCUT2D eigenvalue weighted by atomic mass is 32.2. The van der Waals surface area contributed by atoms with Crippen molar-refractivity contribution in [2.24, 2.45) is 5.73 Å². The Labute approximate surface area is 108 Å². The average molecular weight is 290 g/mol. The number of sulfonamides is 1. The Morgan fingerprint density at radius 2 is 1.84 bits per heavy atom. The molecule has 0 heterocycles. The fourth-order valence-electron chi connectivity index (χ4n) is 1.25. The molecule has 9 heteroatoms. The highest BCUT2D eigenvalue weighted by Gasteiger charge is 2.26. The summed E-state index contributed by atoms with van der Waals surface area (Å²) in [6.45, 7) is 0. The van der Waals surface area contributed by atoms with Gasteiger partial charge in [-0.15, -0.1) is 0 Å². The number of rotatable bonds is 6. The quantitative estimate of drug-likeness (QED) is 0.647. The molecule has 0 saturated heterocycles. The molecular weight excluding hydrogens is 279 g/mol. The van der Waals surface area contributed by atoms with Crippen LogP contribution in [0.15, 0.2) is 29.2 Å². The van der Waals surface area contributed by atoms with Gasteiger partial charge in [-0.1, -0.05) is 0 Å². The van der Waals surface area contributed by atoms with Crippen molar-refractivity contribution < 1.29 is 27.5 Å². The second kappa shape index (κ2) is 5.76. The number of carboxylic acids is 1. The van der Waals surface area contributed by atoms with Gasteiger partial charge in [-0.2, -0.15) is 4.72 Å². The van der Waals surface area contributed by atoms with E-state index in [0.29, 0.717) is 0 Å². The Hall–Kier alpha value is -2.00. The number of hydrogen-bond acceptors (Lipinski definition) is 4. The van der Waals surface area contributed by atoms with Gasteiger partial charge in [-0.25, -0.2) is 12.8 Å². The molecule has 0 aliphatic heterocycles. The Morgan fingerprint density at radius 1 is 1.32 bits per heavy atom. The summed E-state index contributed by atoms with van der Waals surface area (Å²) in [6, 6.07) is 2.10. The van der Waals surface area contributed by atoms with Crippen LogP contribution < -0.4 is 10.5 Å². The van der Waals surface area contributed by atoms with Gasteiger partial charge in [0.05, 0.1) is 11.3 Å². The third-order valence-corrected chi connectivity index (χ3v) is 3.61. The molecule has 0 saturated carbocycles. The maximum Gasteiger partial charge on any atom is 0.322 e. The van der Waals surface area contributed by atoms with Crippen LogP contribution in [0.25, 0.3) is 0 Å². The highest BCUT2D eigenvalue weighted by Crippen LogP contribution is 2.11. The summed E-state index contributed by atoms with van der Waals surface area (Å²) in [4.78, 5) is 21.1. The predicted octanol–water partition coefficient (Wildman–Crippen LogP) is -0.567. The molecule has 0 spiro atoms. The van der Waals surface area contributed by atoms with Gasteiger partial charge in [-0.3, -0.25) is 9.59 Å². The van der Waals surface area contributed by atoms with Crippen molar-refractivity contribution >= 4 is 21.9 Å². The molecule has 1 aromatic rings. The van der Waals surface area contributed by atoms with Crippen LogP contribution in [0.5, 0.6) is 0 Å². The third-order valence-electron chi connectivity index (χ3n) is 2.12. The maximum absolute atomic E-state index is 12.7. The lowest BCUT2D eigenvalue weighted by molar-refractivity contribution is -0.140. The number of aliphatic carboxylic acids is 1. The number of primary amides is 1. The number of carboxylic acid groups (broad SMARTS) is 1.